The number of methoxy groups -OCH3 is 1. The van der Waals surface area contributed by atoms with Gasteiger partial charge >= 0.3 is 12.0 Å². The molecule has 0 spiro atoms. The highest BCUT2D eigenvalue weighted by atomic mass is 35.5. The Morgan fingerprint density at radius 2 is 1.94 bits per heavy atom. The number of esters is 1. The van der Waals surface area contributed by atoms with Crippen LogP contribution < -0.4 is 10.6 Å². The summed E-state index contributed by atoms with van der Waals surface area (Å²) < 4.78 is 18.0. The van der Waals surface area contributed by atoms with Gasteiger partial charge < -0.3 is 15.4 Å². The number of benzene rings is 2. The molecule has 0 radical (unpaired) electrons. The highest BCUT2D eigenvalue weighted by molar-refractivity contribution is 6.32. The largest absolute Gasteiger partial charge is 0.465 e. The number of nitrogens with one attached hydrogen (secondary N) is 2. The van der Waals surface area contributed by atoms with Crippen molar-refractivity contribution in [2.24, 2.45) is 0 Å². The number of halogens is 2. The van der Waals surface area contributed by atoms with Gasteiger partial charge in [-0.1, -0.05) is 23.7 Å². The zero-order valence-electron chi connectivity index (χ0n) is 16.9. The highest BCUT2D eigenvalue weighted by Gasteiger charge is 2.50. The van der Waals surface area contributed by atoms with Gasteiger partial charge in [0, 0.05) is 16.3 Å². The second kappa shape index (κ2) is 8.35. The first kappa shape index (κ1) is 22.2. The molecule has 8 nitrogen and oxygen atoms in total. The predicted molar refractivity (Wildman–Crippen MR) is 110 cm³/mol. The Morgan fingerprint density at radius 1 is 1.23 bits per heavy atom. The quantitative estimate of drug-likeness (QED) is 0.541. The summed E-state index contributed by atoms with van der Waals surface area (Å²) in [7, 11) is 1.24. The number of urea groups is 1. The summed E-state index contributed by atoms with van der Waals surface area (Å²) in [5.74, 6) is -2.52. The number of nitrogens with zero attached hydrogens (tertiary/aromatic N) is 1. The molecule has 1 unspecified atom stereocenters. The van der Waals surface area contributed by atoms with Gasteiger partial charge in [-0.2, -0.15) is 0 Å². The molecule has 1 aliphatic heterocycles. The molecule has 0 aliphatic carbocycles. The molecule has 1 aliphatic rings. The fourth-order valence-electron chi connectivity index (χ4n) is 3.25. The van der Waals surface area contributed by atoms with E-state index in [0.29, 0.717) is 11.3 Å². The minimum absolute atomic E-state index is 0.0299. The monoisotopic (exact) mass is 447 g/mol. The van der Waals surface area contributed by atoms with Crippen molar-refractivity contribution in [3.05, 3.63) is 63.9 Å². The number of amides is 4. The van der Waals surface area contributed by atoms with Gasteiger partial charge in [0.15, 0.2) is 0 Å². The Balaban J connectivity index is 1.79. The molecule has 1 atom stereocenters. The minimum Gasteiger partial charge on any atom is -0.465 e. The summed E-state index contributed by atoms with van der Waals surface area (Å²) in [4.78, 5) is 50.4. The molecular weight excluding hydrogens is 429 g/mol. The fourth-order valence-corrected chi connectivity index (χ4v) is 3.61. The summed E-state index contributed by atoms with van der Waals surface area (Å²) in [6.07, 6.45) is 0. The maximum absolute atomic E-state index is 13.4. The zero-order valence-corrected chi connectivity index (χ0v) is 17.7. The lowest BCUT2D eigenvalue weighted by atomic mass is 9.92. The first-order chi connectivity index (χ1) is 14.6. The van der Waals surface area contributed by atoms with E-state index in [4.69, 9.17) is 11.6 Å². The van der Waals surface area contributed by atoms with E-state index < -0.39 is 41.7 Å². The number of carbonyl (C=O) groups is 4. The standard InChI is InChI=1S/C21H19ClFN3O5/c1-11-4-5-12(18(28)31-3)8-16(11)24-17(27)10-26-19(29)21(2,25-20(26)30)14-7-6-13(23)9-15(14)22/h4-9H,10H2,1-3H3,(H,24,27)(H,25,30). The van der Waals surface area contributed by atoms with Gasteiger partial charge in [-0.3, -0.25) is 14.5 Å². The lowest BCUT2D eigenvalue weighted by molar-refractivity contribution is -0.133. The van der Waals surface area contributed by atoms with Gasteiger partial charge in [-0.25, -0.2) is 14.0 Å². The number of anilines is 1. The van der Waals surface area contributed by atoms with Crippen LogP contribution in [0.4, 0.5) is 14.9 Å². The number of rotatable bonds is 5. The lowest BCUT2D eigenvalue weighted by Crippen LogP contribution is -2.42. The second-order valence-corrected chi connectivity index (χ2v) is 7.55. The average Bonchev–Trinajstić information content (AvgIpc) is 2.92. The molecule has 0 bridgehead atoms. The number of aryl methyl sites for hydroxylation is 1. The summed E-state index contributed by atoms with van der Waals surface area (Å²) >= 11 is 6.06. The summed E-state index contributed by atoms with van der Waals surface area (Å²) in [5, 5.41) is 5.07. The smallest absolute Gasteiger partial charge is 0.337 e. The van der Waals surface area contributed by atoms with Crippen molar-refractivity contribution in [2.45, 2.75) is 19.4 Å². The molecule has 2 N–H and O–H groups in total. The van der Waals surface area contributed by atoms with Crippen molar-refractivity contribution in [3.63, 3.8) is 0 Å². The van der Waals surface area contributed by atoms with Crippen LogP contribution in [0.5, 0.6) is 0 Å². The van der Waals surface area contributed by atoms with E-state index in [2.05, 4.69) is 15.4 Å². The maximum atomic E-state index is 13.4. The molecule has 4 amide bonds. The zero-order chi connectivity index (χ0) is 22.9. The summed E-state index contributed by atoms with van der Waals surface area (Å²) in [6.45, 7) is 2.58. The van der Waals surface area contributed by atoms with E-state index in [-0.39, 0.29) is 16.1 Å². The van der Waals surface area contributed by atoms with Crippen LogP contribution in [0.3, 0.4) is 0 Å². The molecule has 162 valence electrons. The average molecular weight is 448 g/mol. The molecule has 10 heteroatoms. The first-order valence-electron chi connectivity index (χ1n) is 9.15. The Bertz CT molecular complexity index is 1110. The van der Waals surface area contributed by atoms with Gasteiger partial charge in [0.05, 0.1) is 12.7 Å². The highest BCUT2D eigenvalue weighted by Crippen LogP contribution is 2.34. The fraction of sp³-hybridized carbons (Fsp3) is 0.238. The van der Waals surface area contributed by atoms with Gasteiger partial charge in [-0.15, -0.1) is 0 Å². The van der Waals surface area contributed by atoms with Crippen LogP contribution in [0.25, 0.3) is 0 Å². The normalized spacial score (nSPS) is 18.0. The number of imide groups is 1. The third-order valence-corrected chi connectivity index (χ3v) is 5.29. The van der Waals surface area contributed by atoms with Crippen molar-refractivity contribution < 1.29 is 28.3 Å². The molecule has 0 aromatic heterocycles. The minimum atomic E-state index is -1.55. The Labute approximate surface area is 182 Å². The second-order valence-electron chi connectivity index (χ2n) is 7.14. The first-order valence-corrected chi connectivity index (χ1v) is 9.53. The van der Waals surface area contributed by atoms with E-state index >= 15 is 0 Å². The van der Waals surface area contributed by atoms with Crippen LogP contribution in [0.2, 0.25) is 5.02 Å². The van der Waals surface area contributed by atoms with Gasteiger partial charge in [0.2, 0.25) is 5.91 Å². The summed E-state index contributed by atoms with van der Waals surface area (Å²) in [6, 6.07) is 7.29. The van der Waals surface area contributed by atoms with Gasteiger partial charge in [-0.05, 0) is 43.7 Å². The van der Waals surface area contributed by atoms with E-state index in [1.165, 1.54) is 26.2 Å². The van der Waals surface area contributed by atoms with Crippen molar-refractivity contribution in [1.82, 2.24) is 10.2 Å². The number of ether oxygens (including phenoxy) is 1. The molecule has 1 saturated heterocycles. The SMILES string of the molecule is COC(=O)c1ccc(C)c(NC(=O)CN2C(=O)NC(C)(c3ccc(F)cc3Cl)C2=O)c1. The van der Waals surface area contributed by atoms with E-state index in [0.717, 1.165) is 17.0 Å². The topological polar surface area (TPSA) is 105 Å². The molecule has 1 heterocycles. The van der Waals surface area contributed by atoms with E-state index in [9.17, 15) is 23.6 Å². The molecule has 1 fully saturated rings. The van der Waals surface area contributed by atoms with Crippen molar-refractivity contribution >= 4 is 41.1 Å². The van der Waals surface area contributed by atoms with Crippen molar-refractivity contribution in [3.8, 4) is 0 Å². The number of carbonyl (C=O) groups excluding carboxylic acids is 4. The van der Waals surface area contributed by atoms with Crippen LogP contribution >= 0.6 is 11.6 Å². The van der Waals surface area contributed by atoms with E-state index in [1.807, 2.05) is 0 Å². The number of hydrogen-bond acceptors (Lipinski definition) is 5. The van der Waals surface area contributed by atoms with Crippen LogP contribution in [-0.4, -0.2) is 42.4 Å². The Hall–Kier alpha value is -3.46. The van der Waals surface area contributed by atoms with Crippen molar-refractivity contribution in [1.29, 1.82) is 0 Å². The van der Waals surface area contributed by atoms with Crippen LogP contribution in [0, 0.1) is 12.7 Å². The Kier molecular flexibility index (Phi) is 5.99. The van der Waals surface area contributed by atoms with Gasteiger partial charge in [0.25, 0.3) is 5.91 Å². The third kappa shape index (κ3) is 4.22. The lowest BCUT2D eigenvalue weighted by Gasteiger charge is -2.23. The molecule has 2 aromatic rings. The molecule has 2 aromatic carbocycles. The van der Waals surface area contributed by atoms with Crippen LogP contribution in [0.1, 0.15) is 28.4 Å². The summed E-state index contributed by atoms with van der Waals surface area (Å²) in [5.41, 5.74) is -0.108. The molecule has 31 heavy (non-hydrogen) atoms. The van der Waals surface area contributed by atoms with Gasteiger partial charge in [0.1, 0.15) is 17.9 Å². The molecule has 0 saturated carbocycles. The molecule has 3 rings (SSSR count). The predicted octanol–water partition coefficient (Wildman–Crippen LogP) is 2.98. The van der Waals surface area contributed by atoms with Crippen molar-refractivity contribution in [2.75, 3.05) is 19.0 Å². The molecular formula is C21H19ClFN3O5. The number of hydrogen-bond donors (Lipinski definition) is 2. The maximum Gasteiger partial charge on any atom is 0.337 e. The van der Waals surface area contributed by atoms with Crippen LogP contribution in [0.15, 0.2) is 36.4 Å². The third-order valence-electron chi connectivity index (χ3n) is 4.98. The van der Waals surface area contributed by atoms with Crippen LogP contribution in [-0.2, 0) is 19.9 Å². The Morgan fingerprint density at radius 3 is 2.58 bits per heavy atom. The van der Waals surface area contributed by atoms with E-state index in [1.54, 1.807) is 19.1 Å².